The maximum Gasteiger partial charge on any atom is 0.267 e. The van der Waals surface area contributed by atoms with Crippen LogP contribution in [-0.2, 0) is 11.3 Å². The SMILES string of the molecule is COc1cc(NC(=O)Cn2nc(C3CC3)ccc2=O)cc(OC)c1OC. The van der Waals surface area contributed by atoms with Gasteiger partial charge in [0.2, 0.25) is 11.7 Å². The van der Waals surface area contributed by atoms with E-state index in [-0.39, 0.29) is 18.0 Å². The molecule has 1 fully saturated rings. The van der Waals surface area contributed by atoms with E-state index in [4.69, 9.17) is 14.2 Å². The summed E-state index contributed by atoms with van der Waals surface area (Å²) in [6, 6.07) is 6.42. The van der Waals surface area contributed by atoms with Crippen LogP contribution in [0.25, 0.3) is 0 Å². The number of hydrogen-bond donors (Lipinski definition) is 1. The third-order valence-electron chi connectivity index (χ3n) is 4.12. The number of nitrogens with one attached hydrogen (secondary N) is 1. The summed E-state index contributed by atoms with van der Waals surface area (Å²) in [5, 5.41) is 7.01. The van der Waals surface area contributed by atoms with E-state index in [9.17, 15) is 9.59 Å². The highest BCUT2D eigenvalue weighted by Gasteiger charge is 2.25. The number of amides is 1. The monoisotopic (exact) mass is 359 g/mol. The lowest BCUT2D eigenvalue weighted by molar-refractivity contribution is -0.117. The Morgan fingerprint density at radius 1 is 1.15 bits per heavy atom. The van der Waals surface area contributed by atoms with Gasteiger partial charge in [0.15, 0.2) is 11.5 Å². The largest absolute Gasteiger partial charge is 0.493 e. The molecule has 1 N–H and O–H groups in total. The molecule has 0 radical (unpaired) electrons. The van der Waals surface area contributed by atoms with E-state index in [1.807, 2.05) is 0 Å². The predicted molar refractivity (Wildman–Crippen MR) is 95.2 cm³/mol. The number of methoxy groups -OCH3 is 3. The Kier molecular flexibility index (Phi) is 5.11. The average Bonchev–Trinajstić information content (AvgIpc) is 3.47. The minimum Gasteiger partial charge on any atom is -0.493 e. The van der Waals surface area contributed by atoms with Crippen molar-refractivity contribution in [1.29, 1.82) is 0 Å². The molecular formula is C18H21N3O5. The number of ether oxygens (including phenoxy) is 3. The normalized spacial score (nSPS) is 13.2. The fraction of sp³-hybridized carbons (Fsp3) is 0.389. The van der Waals surface area contributed by atoms with Crippen LogP contribution >= 0.6 is 0 Å². The minimum absolute atomic E-state index is 0.171. The molecule has 0 bridgehead atoms. The highest BCUT2D eigenvalue weighted by atomic mass is 16.5. The van der Waals surface area contributed by atoms with Gasteiger partial charge in [-0.15, -0.1) is 0 Å². The second-order valence-corrected chi connectivity index (χ2v) is 5.99. The molecule has 8 heteroatoms. The Hall–Kier alpha value is -3.03. The van der Waals surface area contributed by atoms with E-state index in [0.29, 0.717) is 28.9 Å². The van der Waals surface area contributed by atoms with Crippen LogP contribution in [0, 0.1) is 0 Å². The van der Waals surface area contributed by atoms with Gasteiger partial charge >= 0.3 is 0 Å². The van der Waals surface area contributed by atoms with Crippen LogP contribution in [0.4, 0.5) is 5.69 Å². The first-order valence-electron chi connectivity index (χ1n) is 8.23. The Morgan fingerprint density at radius 3 is 2.35 bits per heavy atom. The zero-order valence-electron chi connectivity index (χ0n) is 14.9. The first-order valence-corrected chi connectivity index (χ1v) is 8.23. The summed E-state index contributed by atoms with van der Waals surface area (Å²) in [5.74, 6) is 1.31. The first-order chi connectivity index (χ1) is 12.5. The smallest absolute Gasteiger partial charge is 0.267 e. The zero-order chi connectivity index (χ0) is 18.7. The minimum atomic E-state index is -0.373. The fourth-order valence-electron chi connectivity index (χ4n) is 2.66. The molecule has 0 saturated heterocycles. The molecule has 0 unspecified atom stereocenters. The van der Waals surface area contributed by atoms with Crippen molar-refractivity contribution < 1.29 is 19.0 Å². The third-order valence-corrected chi connectivity index (χ3v) is 4.12. The number of carbonyl (C=O) groups excluding carboxylic acids is 1. The van der Waals surface area contributed by atoms with E-state index in [2.05, 4.69) is 10.4 Å². The van der Waals surface area contributed by atoms with Gasteiger partial charge < -0.3 is 19.5 Å². The number of anilines is 1. The maximum absolute atomic E-state index is 12.4. The lowest BCUT2D eigenvalue weighted by Gasteiger charge is -2.14. The van der Waals surface area contributed by atoms with Gasteiger partial charge in [-0.2, -0.15) is 5.10 Å². The van der Waals surface area contributed by atoms with E-state index in [1.165, 1.54) is 32.1 Å². The Bertz CT molecular complexity index is 848. The van der Waals surface area contributed by atoms with E-state index < -0.39 is 0 Å². The van der Waals surface area contributed by atoms with Gasteiger partial charge in [0, 0.05) is 29.8 Å². The fourth-order valence-corrected chi connectivity index (χ4v) is 2.66. The molecule has 1 aliphatic rings. The second kappa shape index (κ2) is 7.47. The highest BCUT2D eigenvalue weighted by molar-refractivity contribution is 5.91. The zero-order valence-corrected chi connectivity index (χ0v) is 14.9. The number of aromatic nitrogens is 2. The van der Waals surface area contributed by atoms with E-state index in [0.717, 1.165) is 18.5 Å². The lowest BCUT2D eigenvalue weighted by Crippen LogP contribution is -2.29. The number of rotatable bonds is 7. The van der Waals surface area contributed by atoms with Crippen molar-refractivity contribution in [2.45, 2.75) is 25.3 Å². The predicted octanol–water partition coefficient (Wildman–Crippen LogP) is 1.79. The van der Waals surface area contributed by atoms with Crippen molar-refractivity contribution in [2.24, 2.45) is 0 Å². The summed E-state index contributed by atoms with van der Waals surface area (Å²) in [4.78, 5) is 24.3. The number of hydrogen-bond acceptors (Lipinski definition) is 6. The van der Waals surface area contributed by atoms with Crippen molar-refractivity contribution in [2.75, 3.05) is 26.6 Å². The Balaban J connectivity index is 1.78. The summed E-state index contributed by atoms with van der Waals surface area (Å²) in [6.45, 7) is -0.171. The quantitative estimate of drug-likeness (QED) is 0.810. The van der Waals surface area contributed by atoms with E-state index in [1.54, 1.807) is 18.2 Å². The number of carbonyl (C=O) groups is 1. The first kappa shape index (κ1) is 17.8. The molecule has 1 saturated carbocycles. The van der Waals surface area contributed by atoms with Crippen LogP contribution in [0.2, 0.25) is 0 Å². The topological polar surface area (TPSA) is 91.7 Å². The van der Waals surface area contributed by atoms with Crippen molar-refractivity contribution in [1.82, 2.24) is 9.78 Å². The molecule has 0 aliphatic heterocycles. The van der Waals surface area contributed by atoms with Crippen LogP contribution in [0.15, 0.2) is 29.1 Å². The highest BCUT2D eigenvalue weighted by Crippen LogP contribution is 2.40. The van der Waals surface area contributed by atoms with Crippen LogP contribution in [0.5, 0.6) is 17.2 Å². The maximum atomic E-state index is 12.4. The summed E-state index contributed by atoms with van der Waals surface area (Å²) >= 11 is 0. The molecule has 1 amide bonds. The molecule has 138 valence electrons. The molecule has 0 spiro atoms. The van der Waals surface area contributed by atoms with Gasteiger partial charge in [0.1, 0.15) is 6.54 Å². The van der Waals surface area contributed by atoms with Crippen LogP contribution in [0.1, 0.15) is 24.5 Å². The van der Waals surface area contributed by atoms with Gasteiger partial charge in [0.25, 0.3) is 5.56 Å². The number of benzene rings is 1. The van der Waals surface area contributed by atoms with Crippen molar-refractivity contribution in [3.63, 3.8) is 0 Å². The van der Waals surface area contributed by atoms with Crippen molar-refractivity contribution in [3.05, 3.63) is 40.3 Å². The molecule has 3 rings (SSSR count). The van der Waals surface area contributed by atoms with Gasteiger partial charge in [-0.25, -0.2) is 4.68 Å². The number of nitrogens with zero attached hydrogens (tertiary/aromatic N) is 2. The Labute approximate surface area is 150 Å². The molecule has 1 aromatic carbocycles. The molecule has 1 aliphatic carbocycles. The second-order valence-electron chi connectivity index (χ2n) is 5.99. The standard InChI is InChI=1S/C18H21N3O5/c1-24-14-8-12(9-15(25-2)18(14)26-3)19-16(22)10-21-17(23)7-6-13(20-21)11-4-5-11/h6-9,11H,4-5,10H2,1-3H3,(H,19,22). The Morgan fingerprint density at radius 2 is 1.81 bits per heavy atom. The molecule has 8 nitrogen and oxygen atoms in total. The average molecular weight is 359 g/mol. The van der Waals surface area contributed by atoms with Crippen LogP contribution < -0.4 is 25.1 Å². The summed E-state index contributed by atoms with van der Waals surface area (Å²) < 4.78 is 17.0. The van der Waals surface area contributed by atoms with Gasteiger partial charge in [-0.05, 0) is 18.9 Å². The summed E-state index contributed by atoms with van der Waals surface area (Å²) in [7, 11) is 4.50. The van der Waals surface area contributed by atoms with E-state index >= 15 is 0 Å². The summed E-state index contributed by atoms with van der Waals surface area (Å²) in [5.41, 5.74) is 1.01. The molecule has 2 aromatic rings. The summed E-state index contributed by atoms with van der Waals surface area (Å²) in [6.07, 6.45) is 2.14. The third kappa shape index (κ3) is 3.79. The van der Waals surface area contributed by atoms with Gasteiger partial charge in [-0.1, -0.05) is 0 Å². The molecular weight excluding hydrogens is 338 g/mol. The molecule has 1 aromatic heterocycles. The van der Waals surface area contributed by atoms with Crippen molar-refractivity contribution >= 4 is 11.6 Å². The van der Waals surface area contributed by atoms with Crippen molar-refractivity contribution in [3.8, 4) is 17.2 Å². The lowest BCUT2D eigenvalue weighted by atomic mass is 10.2. The van der Waals surface area contributed by atoms with Crippen LogP contribution in [0.3, 0.4) is 0 Å². The van der Waals surface area contributed by atoms with Gasteiger partial charge in [-0.3, -0.25) is 9.59 Å². The van der Waals surface area contributed by atoms with Crippen LogP contribution in [-0.4, -0.2) is 37.0 Å². The molecule has 1 heterocycles. The van der Waals surface area contributed by atoms with Gasteiger partial charge in [0.05, 0.1) is 27.0 Å². The molecule has 0 atom stereocenters. The molecule has 26 heavy (non-hydrogen) atoms.